The molecule has 1 atom stereocenters. The molecule has 0 bridgehead atoms. The van der Waals surface area contributed by atoms with Crippen LogP contribution in [-0.2, 0) is 13.1 Å². The number of carbonyl (C=O) groups is 1. The molecule has 0 fully saturated rings. The van der Waals surface area contributed by atoms with Gasteiger partial charge in [-0.15, -0.1) is 11.3 Å². The van der Waals surface area contributed by atoms with Crippen LogP contribution in [0.3, 0.4) is 0 Å². The summed E-state index contributed by atoms with van der Waals surface area (Å²) in [5, 5.41) is 18.3. The maximum absolute atomic E-state index is 12.3. The summed E-state index contributed by atoms with van der Waals surface area (Å²) < 4.78 is 1.87. The van der Waals surface area contributed by atoms with Crippen molar-refractivity contribution in [2.24, 2.45) is 0 Å². The Kier molecular flexibility index (Phi) is 4.00. The van der Waals surface area contributed by atoms with Crippen molar-refractivity contribution in [3.05, 3.63) is 34.0 Å². The molecule has 3 heterocycles. The Hall–Kier alpha value is -1.77. The van der Waals surface area contributed by atoms with E-state index >= 15 is 0 Å². The van der Waals surface area contributed by atoms with Gasteiger partial charge in [0.2, 0.25) is 0 Å². The van der Waals surface area contributed by atoms with Gasteiger partial charge in [-0.05, 0) is 13.1 Å². The maximum Gasteiger partial charge on any atom is 0.272 e. The summed E-state index contributed by atoms with van der Waals surface area (Å²) in [4.78, 5) is 18.6. The number of aliphatic hydroxyl groups is 1. The van der Waals surface area contributed by atoms with E-state index in [9.17, 15) is 9.90 Å². The van der Waals surface area contributed by atoms with Crippen molar-refractivity contribution in [3.63, 3.8) is 0 Å². The molecule has 2 aromatic heterocycles. The topological polar surface area (TPSA) is 83.3 Å². The first-order chi connectivity index (χ1) is 10.2. The average molecular weight is 307 g/mol. The van der Waals surface area contributed by atoms with Crippen LogP contribution in [0.1, 0.15) is 27.9 Å². The van der Waals surface area contributed by atoms with E-state index in [1.165, 1.54) is 11.3 Å². The molecule has 3 rings (SSSR count). The number of amides is 1. The Bertz CT molecular complexity index is 625. The molecule has 0 radical (unpaired) electrons. The smallest absolute Gasteiger partial charge is 0.272 e. The number of likely N-dealkylation sites (N-methyl/N-ethyl adjacent to an activating group) is 1. The number of thiazole rings is 1. The fourth-order valence-electron chi connectivity index (χ4n) is 2.35. The highest BCUT2D eigenvalue weighted by Crippen LogP contribution is 2.15. The molecule has 1 unspecified atom stereocenters. The van der Waals surface area contributed by atoms with Crippen LogP contribution in [0.2, 0.25) is 0 Å². The normalized spacial score (nSPS) is 16.5. The lowest BCUT2D eigenvalue weighted by molar-refractivity contribution is 0.0909. The van der Waals surface area contributed by atoms with Gasteiger partial charge in [-0.25, -0.2) is 4.98 Å². The molecule has 8 heteroatoms. The van der Waals surface area contributed by atoms with Crippen LogP contribution in [0.4, 0.5) is 0 Å². The molecule has 1 aliphatic heterocycles. The second-order valence-electron chi connectivity index (χ2n) is 5.10. The molecule has 0 aliphatic carbocycles. The number of hydrogen-bond acceptors (Lipinski definition) is 6. The SMILES string of the molecule is CN1CCn2nc(C(=O)NC(CO)c3cscn3)cc2C1. The highest BCUT2D eigenvalue weighted by molar-refractivity contribution is 7.07. The summed E-state index contributed by atoms with van der Waals surface area (Å²) in [6, 6.07) is 1.31. The summed E-state index contributed by atoms with van der Waals surface area (Å²) in [5.41, 5.74) is 3.76. The van der Waals surface area contributed by atoms with Gasteiger partial charge in [0.1, 0.15) is 0 Å². The number of nitrogens with one attached hydrogen (secondary N) is 1. The number of fused-ring (bicyclic) bond motifs is 1. The minimum absolute atomic E-state index is 0.189. The summed E-state index contributed by atoms with van der Waals surface area (Å²) in [5.74, 6) is -0.286. The molecular weight excluding hydrogens is 290 g/mol. The molecule has 2 aromatic rings. The third-order valence-electron chi connectivity index (χ3n) is 3.52. The predicted octanol–water partition coefficient (Wildman–Crippen LogP) is 0.248. The van der Waals surface area contributed by atoms with Crippen LogP contribution in [-0.4, -0.2) is 50.9 Å². The van der Waals surface area contributed by atoms with Crippen LogP contribution in [0.5, 0.6) is 0 Å². The number of rotatable bonds is 4. The number of carbonyl (C=O) groups excluding carboxylic acids is 1. The van der Waals surface area contributed by atoms with Gasteiger partial charge in [0.15, 0.2) is 5.69 Å². The highest BCUT2D eigenvalue weighted by Gasteiger charge is 2.22. The van der Waals surface area contributed by atoms with Gasteiger partial charge >= 0.3 is 0 Å². The van der Waals surface area contributed by atoms with Crippen LogP contribution in [0.15, 0.2) is 17.0 Å². The standard InChI is InChI=1S/C13H17N5O2S/c1-17-2-3-18-9(5-17)4-10(16-18)13(20)15-11(6-19)12-7-21-8-14-12/h4,7-8,11,19H,2-3,5-6H2,1H3,(H,15,20). The molecule has 112 valence electrons. The van der Waals surface area contributed by atoms with Crippen molar-refractivity contribution < 1.29 is 9.90 Å². The lowest BCUT2D eigenvalue weighted by Crippen LogP contribution is -2.31. The van der Waals surface area contributed by atoms with Crippen LogP contribution >= 0.6 is 11.3 Å². The third-order valence-corrected chi connectivity index (χ3v) is 4.12. The van der Waals surface area contributed by atoms with Gasteiger partial charge < -0.3 is 10.4 Å². The largest absolute Gasteiger partial charge is 0.394 e. The van der Waals surface area contributed by atoms with Gasteiger partial charge in [0.25, 0.3) is 5.91 Å². The minimum atomic E-state index is -0.495. The van der Waals surface area contributed by atoms with E-state index < -0.39 is 6.04 Å². The van der Waals surface area contributed by atoms with Crippen LogP contribution < -0.4 is 5.32 Å². The molecule has 1 amide bonds. The minimum Gasteiger partial charge on any atom is -0.394 e. The molecule has 1 aliphatic rings. The number of nitrogens with zero attached hydrogens (tertiary/aromatic N) is 4. The van der Waals surface area contributed by atoms with E-state index in [-0.39, 0.29) is 12.5 Å². The van der Waals surface area contributed by atoms with E-state index in [2.05, 4.69) is 20.3 Å². The van der Waals surface area contributed by atoms with Crippen LogP contribution in [0.25, 0.3) is 0 Å². The summed E-state index contributed by atoms with van der Waals surface area (Å²) in [6.07, 6.45) is 0. The van der Waals surface area contributed by atoms with Crippen molar-refractivity contribution in [1.29, 1.82) is 0 Å². The van der Waals surface area contributed by atoms with E-state index in [1.807, 2.05) is 17.1 Å². The maximum atomic E-state index is 12.3. The van der Waals surface area contributed by atoms with Gasteiger partial charge in [0, 0.05) is 18.5 Å². The Morgan fingerprint density at radius 1 is 1.57 bits per heavy atom. The molecule has 2 N–H and O–H groups in total. The summed E-state index contributed by atoms with van der Waals surface area (Å²) in [6.45, 7) is 2.31. The van der Waals surface area contributed by atoms with E-state index in [4.69, 9.17) is 0 Å². The zero-order valence-corrected chi connectivity index (χ0v) is 12.5. The second kappa shape index (κ2) is 5.92. The molecule has 0 saturated carbocycles. The summed E-state index contributed by atoms with van der Waals surface area (Å²) >= 11 is 1.43. The fourth-order valence-corrected chi connectivity index (χ4v) is 2.96. The number of aromatic nitrogens is 3. The first-order valence-corrected chi connectivity index (χ1v) is 7.66. The molecule has 7 nitrogen and oxygen atoms in total. The van der Waals surface area contributed by atoms with Gasteiger partial charge in [0.05, 0.1) is 36.1 Å². The lowest BCUT2D eigenvalue weighted by atomic mass is 10.2. The lowest BCUT2D eigenvalue weighted by Gasteiger charge is -2.22. The molecule has 21 heavy (non-hydrogen) atoms. The van der Waals surface area contributed by atoms with Crippen molar-refractivity contribution >= 4 is 17.2 Å². The first-order valence-electron chi connectivity index (χ1n) is 6.72. The van der Waals surface area contributed by atoms with Crippen LogP contribution in [0, 0.1) is 0 Å². The molecule has 0 aromatic carbocycles. The Morgan fingerprint density at radius 3 is 3.14 bits per heavy atom. The Morgan fingerprint density at radius 2 is 2.43 bits per heavy atom. The number of aliphatic hydroxyl groups excluding tert-OH is 1. The Balaban J connectivity index is 1.73. The van der Waals surface area contributed by atoms with Gasteiger partial charge in [-0.1, -0.05) is 0 Å². The summed E-state index contributed by atoms with van der Waals surface area (Å²) in [7, 11) is 2.04. The zero-order valence-electron chi connectivity index (χ0n) is 11.7. The van der Waals surface area contributed by atoms with Crippen molar-refractivity contribution in [2.45, 2.75) is 19.1 Å². The van der Waals surface area contributed by atoms with Crippen molar-refractivity contribution in [2.75, 3.05) is 20.2 Å². The molecular formula is C13H17N5O2S. The molecule has 0 spiro atoms. The highest BCUT2D eigenvalue weighted by atomic mass is 32.1. The molecule has 0 saturated heterocycles. The first kappa shape index (κ1) is 14.2. The second-order valence-corrected chi connectivity index (χ2v) is 5.82. The van der Waals surface area contributed by atoms with E-state index in [1.54, 1.807) is 11.6 Å². The van der Waals surface area contributed by atoms with E-state index in [0.29, 0.717) is 11.4 Å². The van der Waals surface area contributed by atoms with Crippen molar-refractivity contribution in [3.8, 4) is 0 Å². The van der Waals surface area contributed by atoms with Gasteiger partial charge in [-0.3, -0.25) is 14.4 Å². The Labute approximate surface area is 126 Å². The van der Waals surface area contributed by atoms with Gasteiger partial charge in [-0.2, -0.15) is 5.10 Å². The third kappa shape index (κ3) is 2.97. The fraction of sp³-hybridized carbons (Fsp3) is 0.462. The van der Waals surface area contributed by atoms with E-state index in [0.717, 1.165) is 25.3 Å². The van der Waals surface area contributed by atoms with Crippen molar-refractivity contribution in [1.82, 2.24) is 25.0 Å². The average Bonchev–Trinajstić information content (AvgIpc) is 3.12. The zero-order chi connectivity index (χ0) is 14.8. The quantitative estimate of drug-likeness (QED) is 0.846. The number of hydrogen-bond donors (Lipinski definition) is 2. The monoisotopic (exact) mass is 307 g/mol. The predicted molar refractivity (Wildman–Crippen MR) is 78.0 cm³/mol.